The third-order valence-electron chi connectivity index (χ3n) is 3.34. The highest BCUT2D eigenvalue weighted by Crippen LogP contribution is 2.36. The molecule has 0 aliphatic carbocycles. The highest BCUT2D eigenvalue weighted by Gasteiger charge is 2.22. The summed E-state index contributed by atoms with van der Waals surface area (Å²) < 4.78 is 13.4. The van der Waals surface area contributed by atoms with Crippen LogP contribution in [0, 0.1) is 5.82 Å². The van der Waals surface area contributed by atoms with Gasteiger partial charge in [0.15, 0.2) is 0 Å². The number of halogens is 1. The van der Waals surface area contributed by atoms with Gasteiger partial charge in [0.2, 0.25) is 0 Å². The second kappa shape index (κ2) is 4.38. The maximum absolute atomic E-state index is 13.4. The minimum Gasteiger partial charge on any atom is -0.339 e. The van der Waals surface area contributed by atoms with Gasteiger partial charge >= 0.3 is 0 Å². The van der Waals surface area contributed by atoms with Crippen molar-refractivity contribution < 1.29 is 4.39 Å². The average molecular weight is 243 g/mol. The van der Waals surface area contributed by atoms with E-state index >= 15 is 0 Å². The molecule has 0 unspecified atom stereocenters. The Balaban J connectivity index is 2.08. The van der Waals surface area contributed by atoms with Crippen molar-refractivity contribution in [3.63, 3.8) is 0 Å². The van der Waals surface area contributed by atoms with Crippen LogP contribution >= 0.6 is 0 Å². The smallest absolute Gasteiger partial charge is 0.125 e. The number of nitrogens with zero attached hydrogens (tertiary/aromatic N) is 2. The van der Waals surface area contributed by atoms with Crippen molar-refractivity contribution in [2.24, 2.45) is 5.73 Å². The molecule has 0 saturated heterocycles. The van der Waals surface area contributed by atoms with Crippen LogP contribution in [0.15, 0.2) is 36.7 Å². The Hall–Kier alpha value is -1.94. The van der Waals surface area contributed by atoms with Crippen LogP contribution in [-0.4, -0.2) is 11.5 Å². The standard InChI is InChI=1S/C14H14FN3/c15-12-2-1-10-4-6-18(13(10)7-12)14-9-17-5-3-11(14)8-16/h1-3,5,7,9H,4,6,8,16H2. The van der Waals surface area contributed by atoms with E-state index in [1.807, 2.05) is 12.1 Å². The van der Waals surface area contributed by atoms with E-state index < -0.39 is 0 Å². The summed E-state index contributed by atoms with van der Waals surface area (Å²) in [5.41, 5.74) is 9.84. The van der Waals surface area contributed by atoms with Gasteiger partial charge in [-0.25, -0.2) is 4.39 Å². The fraction of sp³-hybridized carbons (Fsp3) is 0.214. The number of benzene rings is 1. The largest absolute Gasteiger partial charge is 0.339 e. The molecule has 2 heterocycles. The first-order valence-electron chi connectivity index (χ1n) is 5.98. The molecular weight excluding hydrogens is 229 g/mol. The highest BCUT2D eigenvalue weighted by atomic mass is 19.1. The molecule has 0 fully saturated rings. The quantitative estimate of drug-likeness (QED) is 0.880. The van der Waals surface area contributed by atoms with Crippen LogP contribution in [0.3, 0.4) is 0 Å². The number of nitrogens with two attached hydrogens (primary N) is 1. The van der Waals surface area contributed by atoms with Crippen LogP contribution in [0.2, 0.25) is 0 Å². The van der Waals surface area contributed by atoms with Crippen LogP contribution in [0.4, 0.5) is 15.8 Å². The molecule has 4 heteroatoms. The van der Waals surface area contributed by atoms with Crippen LogP contribution in [0.5, 0.6) is 0 Å². The zero-order valence-corrected chi connectivity index (χ0v) is 9.94. The van der Waals surface area contributed by atoms with Crippen molar-refractivity contribution in [2.45, 2.75) is 13.0 Å². The SMILES string of the molecule is NCc1ccncc1N1CCc2ccc(F)cc21. The number of pyridine rings is 1. The van der Waals surface area contributed by atoms with Crippen molar-refractivity contribution in [1.82, 2.24) is 4.98 Å². The molecule has 1 aromatic heterocycles. The average Bonchev–Trinajstić information content (AvgIpc) is 2.81. The third-order valence-corrected chi connectivity index (χ3v) is 3.34. The third kappa shape index (κ3) is 1.75. The molecule has 3 nitrogen and oxygen atoms in total. The molecule has 2 N–H and O–H groups in total. The second-order valence-corrected chi connectivity index (χ2v) is 4.38. The maximum Gasteiger partial charge on any atom is 0.125 e. The van der Waals surface area contributed by atoms with Gasteiger partial charge in [-0.15, -0.1) is 0 Å². The summed E-state index contributed by atoms with van der Waals surface area (Å²) in [6, 6.07) is 6.85. The number of hydrogen-bond donors (Lipinski definition) is 1. The first-order chi connectivity index (χ1) is 8.79. The predicted octanol–water partition coefficient (Wildman–Crippen LogP) is 2.37. The van der Waals surface area contributed by atoms with E-state index in [4.69, 9.17) is 5.73 Å². The summed E-state index contributed by atoms with van der Waals surface area (Å²) >= 11 is 0. The van der Waals surface area contributed by atoms with Gasteiger partial charge in [-0.2, -0.15) is 0 Å². The Kier molecular flexibility index (Phi) is 2.72. The first kappa shape index (κ1) is 11.2. The fourth-order valence-corrected chi connectivity index (χ4v) is 2.43. The molecule has 0 bridgehead atoms. The van der Waals surface area contributed by atoms with Gasteiger partial charge in [0.25, 0.3) is 0 Å². The van der Waals surface area contributed by atoms with E-state index in [0.29, 0.717) is 6.54 Å². The van der Waals surface area contributed by atoms with Gasteiger partial charge in [0.05, 0.1) is 11.9 Å². The number of rotatable bonds is 2. The first-order valence-corrected chi connectivity index (χ1v) is 5.98. The summed E-state index contributed by atoms with van der Waals surface area (Å²) in [6.07, 6.45) is 4.45. The minimum atomic E-state index is -0.209. The Bertz CT molecular complexity index is 583. The summed E-state index contributed by atoms with van der Waals surface area (Å²) in [5, 5.41) is 0. The van der Waals surface area contributed by atoms with Gasteiger partial charge in [-0.05, 0) is 35.7 Å². The summed E-state index contributed by atoms with van der Waals surface area (Å²) in [6.45, 7) is 1.30. The van der Waals surface area contributed by atoms with Gasteiger partial charge < -0.3 is 10.6 Å². The van der Waals surface area contributed by atoms with Crippen molar-refractivity contribution in [1.29, 1.82) is 0 Å². The minimum absolute atomic E-state index is 0.209. The molecule has 0 saturated carbocycles. The number of fused-ring (bicyclic) bond motifs is 1. The normalized spacial score (nSPS) is 13.8. The zero-order valence-electron chi connectivity index (χ0n) is 9.94. The number of anilines is 2. The Labute approximate surface area is 105 Å². The van der Waals surface area contributed by atoms with E-state index in [1.54, 1.807) is 18.5 Å². The molecule has 0 atom stereocenters. The molecule has 0 radical (unpaired) electrons. The molecule has 1 aromatic carbocycles. The van der Waals surface area contributed by atoms with Crippen molar-refractivity contribution in [3.05, 3.63) is 53.6 Å². The maximum atomic E-state index is 13.4. The summed E-state index contributed by atoms with van der Waals surface area (Å²) in [4.78, 5) is 6.23. The van der Waals surface area contributed by atoms with E-state index in [2.05, 4.69) is 9.88 Å². The Morgan fingerprint density at radius 2 is 2.17 bits per heavy atom. The lowest BCUT2D eigenvalue weighted by Gasteiger charge is -2.21. The lowest BCUT2D eigenvalue weighted by atomic mass is 10.1. The van der Waals surface area contributed by atoms with Crippen LogP contribution < -0.4 is 10.6 Å². The molecule has 3 rings (SSSR count). The van der Waals surface area contributed by atoms with Crippen molar-refractivity contribution >= 4 is 11.4 Å². The zero-order chi connectivity index (χ0) is 12.5. The molecule has 0 amide bonds. The molecule has 92 valence electrons. The molecule has 1 aliphatic heterocycles. The van der Waals surface area contributed by atoms with E-state index in [0.717, 1.165) is 29.9 Å². The van der Waals surface area contributed by atoms with Crippen LogP contribution in [0.1, 0.15) is 11.1 Å². The topological polar surface area (TPSA) is 42.1 Å². The van der Waals surface area contributed by atoms with Gasteiger partial charge in [0.1, 0.15) is 5.82 Å². The molecule has 1 aliphatic rings. The molecule has 2 aromatic rings. The number of hydrogen-bond acceptors (Lipinski definition) is 3. The lowest BCUT2D eigenvalue weighted by molar-refractivity contribution is 0.628. The highest BCUT2D eigenvalue weighted by molar-refractivity contribution is 5.71. The molecule has 18 heavy (non-hydrogen) atoms. The lowest BCUT2D eigenvalue weighted by Crippen LogP contribution is -2.16. The van der Waals surface area contributed by atoms with Crippen molar-refractivity contribution in [2.75, 3.05) is 11.4 Å². The van der Waals surface area contributed by atoms with E-state index in [1.165, 1.54) is 11.6 Å². The summed E-state index contributed by atoms with van der Waals surface area (Å²) in [5.74, 6) is -0.209. The summed E-state index contributed by atoms with van der Waals surface area (Å²) in [7, 11) is 0. The van der Waals surface area contributed by atoms with E-state index in [9.17, 15) is 4.39 Å². The Morgan fingerprint density at radius 3 is 3.00 bits per heavy atom. The van der Waals surface area contributed by atoms with Crippen LogP contribution in [0.25, 0.3) is 0 Å². The monoisotopic (exact) mass is 243 g/mol. The number of aromatic nitrogens is 1. The molecular formula is C14H14FN3. The fourth-order valence-electron chi connectivity index (χ4n) is 2.43. The van der Waals surface area contributed by atoms with E-state index in [-0.39, 0.29) is 5.82 Å². The second-order valence-electron chi connectivity index (χ2n) is 4.38. The van der Waals surface area contributed by atoms with Crippen LogP contribution in [-0.2, 0) is 13.0 Å². The van der Waals surface area contributed by atoms with Gasteiger partial charge in [-0.1, -0.05) is 6.07 Å². The van der Waals surface area contributed by atoms with Gasteiger partial charge in [0, 0.05) is 25.0 Å². The van der Waals surface area contributed by atoms with Crippen molar-refractivity contribution in [3.8, 4) is 0 Å². The molecule has 0 spiro atoms. The Morgan fingerprint density at radius 1 is 1.28 bits per heavy atom. The predicted molar refractivity (Wildman–Crippen MR) is 69.2 cm³/mol. The van der Waals surface area contributed by atoms with Gasteiger partial charge in [-0.3, -0.25) is 4.98 Å².